The number of carbonyl (C=O) groups excluding carboxylic acids is 2. The molecule has 0 aromatic carbocycles. The van der Waals surface area contributed by atoms with E-state index in [-0.39, 0.29) is 19.6 Å². The average Bonchev–Trinajstić information content (AvgIpc) is 2.35. The topological polar surface area (TPSA) is 89.9 Å². The molecule has 6 heteroatoms. The first-order valence-electron chi connectivity index (χ1n) is 6.74. The third kappa shape index (κ3) is 5.19. The Morgan fingerprint density at radius 3 is 2.00 bits per heavy atom. The lowest BCUT2D eigenvalue weighted by Gasteiger charge is -2.28. The van der Waals surface area contributed by atoms with E-state index in [1.807, 2.05) is 0 Å². The number of hydrogen-bond donors (Lipinski definition) is 1. The first-order valence-corrected chi connectivity index (χ1v) is 6.74. The average molecular weight is 288 g/mol. The summed E-state index contributed by atoms with van der Waals surface area (Å²) in [6.45, 7) is 8.44. The predicted molar refractivity (Wildman–Crippen MR) is 72.0 cm³/mol. The number of esters is 2. The Morgan fingerprint density at radius 1 is 1.10 bits per heavy atom. The van der Waals surface area contributed by atoms with Crippen LogP contribution in [-0.4, -0.2) is 36.2 Å². The Morgan fingerprint density at radius 2 is 1.60 bits per heavy atom. The number of rotatable bonds is 8. The van der Waals surface area contributed by atoms with Crippen molar-refractivity contribution in [3.05, 3.63) is 0 Å². The fourth-order valence-corrected chi connectivity index (χ4v) is 1.85. The number of carbonyl (C=O) groups is 3. The Balaban J connectivity index is 5.10. The van der Waals surface area contributed by atoms with Crippen LogP contribution in [0.25, 0.3) is 0 Å². The van der Waals surface area contributed by atoms with Crippen molar-refractivity contribution in [1.82, 2.24) is 0 Å². The molecule has 0 saturated carbocycles. The summed E-state index contributed by atoms with van der Waals surface area (Å²) >= 11 is 0. The van der Waals surface area contributed by atoms with Gasteiger partial charge in [0, 0.05) is 0 Å². The first kappa shape index (κ1) is 18.4. The van der Waals surface area contributed by atoms with E-state index in [1.54, 1.807) is 27.7 Å². The third-order valence-electron chi connectivity index (χ3n) is 3.14. The number of aliphatic carboxylic acids is 1. The molecule has 2 atom stereocenters. The van der Waals surface area contributed by atoms with Crippen LogP contribution in [-0.2, 0) is 23.9 Å². The molecule has 1 N–H and O–H groups in total. The molecule has 0 rings (SSSR count). The highest BCUT2D eigenvalue weighted by molar-refractivity contribution is 5.82. The molecule has 0 radical (unpaired) electrons. The fourth-order valence-electron chi connectivity index (χ4n) is 1.85. The van der Waals surface area contributed by atoms with Gasteiger partial charge >= 0.3 is 17.9 Å². The molecule has 0 aliphatic rings. The zero-order chi connectivity index (χ0) is 15.9. The summed E-state index contributed by atoms with van der Waals surface area (Å²) in [5, 5.41) is 9.08. The van der Waals surface area contributed by atoms with Gasteiger partial charge in [-0.15, -0.1) is 0 Å². The second-order valence-corrected chi connectivity index (χ2v) is 5.29. The van der Waals surface area contributed by atoms with Crippen LogP contribution in [0.3, 0.4) is 0 Å². The molecule has 0 aliphatic heterocycles. The van der Waals surface area contributed by atoms with E-state index in [4.69, 9.17) is 14.6 Å². The van der Waals surface area contributed by atoms with Crippen molar-refractivity contribution in [2.24, 2.45) is 17.3 Å². The van der Waals surface area contributed by atoms with E-state index >= 15 is 0 Å². The van der Waals surface area contributed by atoms with Crippen molar-refractivity contribution in [2.75, 3.05) is 13.2 Å². The number of ether oxygens (including phenoxy) is 2. The highest BCUT2D eigenvalue weighted by Crippen LogP contribution is 2.32. The lowest BCUT2D eigenvalue weighted by atomic mass is 9.78. The third-order valence-corrected chi connectivity index (χ3v) is 3.14. The second kappa shape index (κ2) is 7.87. The highest BCUT2D eigenvalue weighted by Gasteiger charge is 2.40. The largest absolute Gasteiger partial charge is 0.481 e. The van der Waals surface area contributed by atoms with Crippen LogP contribution in [0.5, 0.6) is 0 Å². The van der Waals surface area contributed by atoms with Crippen molar-refractivity contribution in [1.29, 1.82) is 0 Å². The normalized spacial score (nSPS) is 14.2. The lowest BCUT2D eigenvalue weighted by molar-refractivity contribution is -0.162. The highest BCUT2D eigenvalue weighted by atomic mass is 16.5. The Hall–Kier alpha value is -1.59. The summed E-state index contributed by atoms with van der Waals surface area (Å²) in [5.74, 6) is -3.95. The second-order valence-electron chi connectivity index (χ2n) is 5.29. The molecule has 116 valence electrons. The lowest BCUT2D eigenvalue weighted by Crippen LogP contribution is -2.37. The minimum Gasteiger partial charge on any atom is -0.481 e. The van der Waals surface area contributed by atoms with Crippen LogP contribution >= 0.6 is 0 Å². The van der Waals surface area contributed by atoms with Crippen molar-refractivity contribution in [3.63, 3.8) is 0 Å². The van der Waals surface area contributed by atoms with Crippen molar-refractivity contribution < 1.29 is 29.0 Å². The van der Waals surface area contributed by atoms with E-state index in [2.05, 4.69) is 0 Å². The maximum absolute atomic E-state index is 11.9. The standard InChI is InChI=1S/C14H24O6/c1-6-19-12(17)10(9(3)11(15)16)8-14(4,5)13(18)20-7-2/h9-10H,6-8H2,1-5H3,(H,15,16). The van der Waals surface area contributed by atoms with E-state index < -0.39 is 35.2 Å². The van der Waals surface area contributed by atoms with Gasteiger partial charge in [0.05, 0.1) is 30.5 Å². The minimum atomic E-state index is -1.09. The maximum atomic E-state index is 11.9. The summed E-state index contributed by atoms with van der Waals surface area (Å²) in [6.07, 6.45) is 0.0676. The van der Waals surface area contributed by atoms with E-state index in [9.17, 15) is 14.4 Å². The van der Waals surface area contributed by atoms with Crippen molar-refractivity contribution >= 4 is 17.9 Å². The number of carboxylic acids is 1. The monoisotopic (exact) mass is 288 g/mol. The van der Waals surface area contributed by atoms with Crippen LogP contribution in [0, 0.1) is 17.3 Å². The smallest absolute Gasteiger partial charge is 0.311 e. The molecule has 0 bridgehead atoms. The van der Waals surface area contributed by atoms with Gasteiger partial charge in [0.1, 0.15) is 0 Å². The number of carboxylic acid groups (broad SMARTS) is 1. The van der Waals surface area contributed by atoms with Gasteiger partial charge < -0.3 is 14.6 Å². The summed E-state index contributed by atoms with van der Waals surface area (Å²) < 4.78 is 9.86. The molecule has 0 spiro atoms. The molecule has 0 amide bonds. The maximum Gasteiger partial charge on any atom is 0.311 e. The summed E-state index contributed by atoms with van der Waals surface area (Å²) in [7, 11) is 0. The molecule has 6 nitrogen and oxygen atoms in total. The summed E-state index contributed by atoms with van der Waals surface area (Å²) in [5.41, 5.74) is -0.947. The zero-order valence-corrected chi connectivity index (χ0v) is 12.8. The van der Waals surface area contributed by atoms with Gasteiger partial charge in [0.25, 0.3) is 0 Å². The van der Waals surface area contributed by atoms with Crippen LogP contribution in [0.15, 0.2) is 0 Å². The van der Waals surface area contributed by atoms with Gasteiger partial charge in [0.15, 0.2) is 0 Å². The van der Waals surface area contributed by atoms with Gasteiger partial charge in [-0.25, -0.2) is 0 Å². The van der Waals surface area contributed by atoms with Gasteiger partial charge in [-0.1, -0.05) is 6.92 Å². The molecule has 0 saturated heterocycles. The molecule has 0 fully saturated rings. The van der Waals surface area contributed by atoms with Crippen LogP contribution in [0.2, 0.25) is 0 Å². The van der Waals surface area contributed by atoms with Gasteiger partial charge in [-0.3, -0.25) is 14.4 Å². The molecule has 0 heterocycles. The summed E-state index contributed by atoms with van der Waals surface area (Å²) in [4.78, 5) is 34.9. The summed E-state index contributed by atoms with van der Waals surface area (Å²) in [6, 6.07) is 0. The van der Waals surface area contributed by atoms with Crippen LogP contribution in [0.1, 0.15) is 41.0 Å². The van der Waals surface area contributed by atoms with Crippen molar-refractivity contribution in [2.45, 2.75) is 41.0 Å². The van der Waals surface area contributed by atoms with Crippen molar-refractivity contribution in [3.8, 4) is 0 Å². The molecule has 2 unspecified atom stereocenters. The molecule has 0 aromatic rings. The SMILES string of the molecule is CCOC(=O)C(CC(C)(C)C(=O)OCC)C(C)C(=O)O. The zero-order valence-electron chi connectivity index (χ0n) is 12.8. The Kier molecular flexibility index (Phi) is 7.24. The molecular weight excluding hydrogens is 264 g/mol. The van der Waals surface area contributed by atoms with Gasteiger partial charge in [-0.05, 0) is 34.1 Å². The first-order chi connectivity index (χ1) is 9.17. The van der Waals surface area contributed by atoms with Gasteiger partial charge in [0.2, 0.25) is 0 Å². The quantitative estimate of drug-likeness (QED) is 0.686. The Labute approximate surface area is 119 Å². The predicted octanol–water partition coefficient (Wildman–Crippen LogP) is 1.87. The fraction of sp³-hybridized carbons (Fsp3) is 0.786. The molecule has 0 aromatic heterocycles. The van der Waals surface area contributed by atoms with E-state index in [0.717, 1.165) is 0 Å². The molecule has 20 heavy (non-hydrogen) atoms. The van der Waals surface area contributed by atoms with Crippen LogP contribution in [0.4, 0.5) is 0 Å². The van der Waals surface area contributed by atoms with E-state index in [1.165, 1.54) is 6.92 Å². The van der Waals surface area contributed by atoms with E-state index in [0.29, 0.717) is 0 Å². The molecule has 0 aliphatic carbocycles. The minimum absolute atomic E-state index is 0.0676. The van der Waals surface area contributed by atoms with Gasteiger partial charge in [-0.2, -0.15) is 0 Å². The molecular formula is C14H24O6. The Bertz CT molecular complexity index is 361. The number of hydrogen-bond acceptors (Lipinski definition) is 5. The van der Waals surface area contributed by atoms with Crippen LogP contribution < -0.4 is 0 Å².